The fourth-order valence-electron chi connectivity index (χ4n) is 1.21. The maximum absolute atomic E-state index is 13.1. The molecule has 0 heterocycles. The molecule has 0 fully saturated rings. The second-order valence-corrected chi connectivity index (χ2v) is 3.35. The van der Waals surface area contributed by atoms with E-state index in [1.54, 1.807) is 6.92 Å². The lowest BCUT2D eigenvalue weighted by Crippen LogP contribution is -2.02. The van der Waals surface area contributed by atoms with E-state index in [1.807, 2.05) is 0 Å². The molecule has 14 heavy (non-hydrogen) atoms. The summed E-state index contributed by atoms with van der Waals surface area (Å²) < 4.78 is 26.2. The van der Waals surface area contributed by atoms with Crippen LogP contribution in [0.1, 0.15) is 18.9 Å². The first-order valence-electron chi connectivity index (χ1n) is 4.53. The Kier molecular flexibility index (Phi) is 3.74. The van der Waals surface area contributed by atoms with Crippen LogP contribution in [-0.2, 0) is 11.2 Å². The van der Waals surface area contributed by atoms with Crippen molar-refractivity contribution in [2.75, 3.05) is 0 Å². The van der Waals surface area contributed by atoms with E-state index in [9.17, 15) is 13.6 Å². The summed E-state index contributed by atoms with van der Waals surface area (Å²) in [5.41, 5.74) is 0.0706. The van der Waals surface area contributed by atoms with Gasteiger partial charge < -0.3 is 4.79 Å². The molecule has 0 bridgehead atoms. The number of carbonyl (C=O) groups excluding carboxylic acids is 1. The lowest BCUT2D eigenvalue weighted by Gasteiger charge is -2.05. The van der Waals surface area contributed by atoms with Crippen molar-refractivity contribution in [2.24, 2.45) is 5.92 Å². The Balaban J connectivity index is 2.71. The Bertz CT molecular complexity index is 303. The van der Waals surface area contributed by atoms with Crippen LogP contribution in [0.3, 0.4) is 0 Å². The van der Waals surface area contributed by atoms with Gasteiger partial charge in [0.2, 0.25) is 0 Å². The largest absolute Gasteiger partial charge is 0.303 e. The predicted molar refractivity (Wildman–Crippen MR) is 49.9 cm³/mol. The Labute approximate surface area is 81.7 Å². The number of rotatable bonds is 4. The van der Waals surface area contributed by atoms with E-state index in [-0.39, 0.29) is 17.9 Å². The molecule has 0 aromatic heterocycles. The highest BCUT2D eigenvalue weighted by molar-refractivity contribution is 5.52. The minimum atomic E-state index is -0.539. The molecule has 0 saturated heterocycles. The maximum Gasteiger partial charge on any atom is 0.129 e. The van der Waals surface area contributed by atoms with E-state index >= 15 is 0 Å². The van der Waals surface area contributed by atoms with Gasteiger partial charge >= 0.3 is 0 Å². The van der Waals surface area contributed by atoms with Gasteiger partial charge in [0.1, 0.15) is 17.9 Å². The molecule has 0 spiro atoms. The van der Waals surface area contributed by atoms with Gasteiger partial charge in [0.15, 0.2) is 0 Å². The topological polar surface area (TPSA) is 17.1 Å². The summed E-state index contributed by atoms with van der Waals surface area (Å²) in [5, 5.41) is 0. The van der Waals surface area contributed by atoms with E-state index in [0.717, 1.165) is 6.29 Å². The zero-order chi connectivity index (χ0) is 10.6. The lowest BCUT2D eigenvalue weighted by atomic mass is 10.0. The van der Waals surface area contributed by atoms with Crippen LogP contribution in [0.2, 0.25) is 0 Å². The second-order valence-electron chi connectivity index (χ2n) is 3.35. The lowest BCUT2D eigenvalue weighted by molar-refractivity contribution is -0.110. The molecule has 3 heteroatoms. The average Bonchev–Trinajstić information content (AvgIpc) is 2.16. The van der Waals surface area contributed by atoms with Gasteiger partial charge in [0, 0.05) is 11.5 Å². The number of benzene rings is 1. The average molecular weight is 198 g/mol. The Morgan fingerprint density at radius 1 is 1.36 bits per heavy atom. The van der Waals surface area contributed by atoms with Gasteiger partial charge in [0.05, 0.1) is 0 Å². The number of carbonyl (C=O) groups is 1. The van der Waals surface area contributed by atoms with Gasteiger partial charge in [-0.1, -0.05) is 13.0 Å². The molecule has 1 unspecified atom stereocenters. The SMILES string of the molecule is CC(C=O)CCc1c(F)cccc1F. The van der Waals surface area contributed by atoms with Crippen molar-refractivity contribution in [1.29, 1.82) is 0 Å². The third kappa shape index (κ3) is 2.62. The molecule has 1 rings (SSSR count). The third-order valence-electron chi connectivity index (χ3n) is 2.14. The van der Waals surface area contributed by atoms with E-state index in [0.29, 0.717) is 6.42 Å². The van der Waals surface area contributed by atoms with Crippen molar-refractivity contribution in [3.05, 3.63) is 35.4 Å². The van der Waals surface area contributed by atoms with Gasteiger partial charge in [-0.2, -0.15) is 0 Å². The van der Waals surface area contributed by atoms with Crippen molar-refractivity contribution >= 4 is 6.29 Å². The number of halogens is 2. The highest BCUT2D eigenvalue weighted by atomic mass is 19.1. The molecule has 0 aliphatic carbocycles. The zero-order valence-corrected chi connectivity index (χ0v) is 7.97. The molecule has 0 saturated carbocycles. The van der Waals surface area contributed by atoms with Crippen LogP contribution in [0, 0.1) is 17.6 Å². The van der Waals surface area contributed by atoms with Gasteiger partial charge in [-0.3, -0.25) is 0 Å². The Morgan fingerprint density at radius 2 is 1.93 bits per heavy atom. The van der Waals surface area contributed by atoms with Crippen molar-refractivity contribution in [2.45, 2.75) is 19.8 Å². The molecule has 1 nitrogen and oxygen atoms in total. The quantitative estimate of drug-likeness (QED) is 0.680. The molecule has 0 aliphatic rings. The predicted octanol–water partition coefficient (Wildman–Crippen LogP) is 2.73. The van der Waals surface area contributed by atoms with Gasteiger partial charge in [-0.25, -0.2) is 8.78 Å². The first-order valence-corrected chi connectivity index (χ1v) is 4.53. The van der Waals surface area contributed by atoms with Crippen LogP contribution in [0.15, 0.2) is 18.2 Å². The molecule has 0 aliphatic heterocycles. The van der Waals surface area contributed by atoms with Crippen molar-refractivity contribution in [1.82, 2.24) is 0 Å². The summed E-state index contributed by atoms with van der Waals surface area (Å²) in [7, 11) is 0. The first kappa shape index (κ1) is 10.8. The molecule has 1 aromatic carbocycles. The number of hydrogen-bond acceptors (Lipinski definition) is 1. The van der Waals surface area contributed by atoms with Gasteiger partial charge in [0.25, 0.3) is 0 Å². The third-order valence-corrected chi connectivity index (χ3v) is 2.14. The first-order chi connectivity index (χ1) is 6.65. The molecular weight excluding hydrogens is 186 g/mol. The molecular formula is C11H12F2O. The summed E-state index contributed by atoms with van der Waals surface area (Å²) in [6, 6.07) is 3.78. The van der Waals surface area contributed by atoms with Crippen molar-refractivity contribution < 1.29 is 13.6 Å². The standard InChI is InChI=1S/C11H12F2O/c1-8(7-14)5-6-9-10(12)3-2-4-11(9)13/h2-4,7-8H,5-6H2,1H3. The molecule has 1 aromatic rings. The second kappa shape index (κ2) is 4.84. The fraction of sp³-hybridized carbons (Fsp3) is 0.364. The van der Waals surface area contributed by atoms with E-state index < -0.39 is 11.6 Å². The Morgan fingerprint density at radius 3 is 2.43 bits per heavy atom. The summed E-state index contributed by atoms with van der Waals surface area (Å²) in [6.07, 6.45) is 1.53. The zero-order valence-electron chi connectivity index (χ0n) is 7.97. The minimum Gasteiger partial charge on any atom is -0.303 e. The molecule has 0 N–H and O–H groups in total. The summed E-state index contributed by atoms with van der Waals surface area (Å²) in [6.45, 7) is 1.73. The van der Waals surface area contributed by atoms with Crippen LogP contribution in [0.5, 0.6) is 0 Å². The van der Waals surface area contributed by atoms with E-state index in [4.69, 9.17) is 0 Å². The highest BCUT2D eigenvalue weighted by Gasteiger charge is 2.09. The van der Waals surface area contributed by atoms with Crippen LogP contribution in [0.4, 0.5) is 8.78 Å². The molecule has 76 valence electrons. The van der Waals surface area contributed by atoms with Gasteiger partial charge in [-0.05, 0) is 25.0 Å². The van der Waals surface area contributed by atoms with Gasteiger partial charge in [-0.15, -0.1) is 0 Å². The minimum absolute atomic E-state index is 0.0706. The van der Waals surface area contributed by atoms with E-state index in [1.165, 1.54) is 18.2 Å². The summed E-state index contributed by atoms with van der Waals surface area (Å²) in [4.78, 5) is 10.3. The smallest absolute Gasteiger partial charge is 0.129 e. The fourth-order valence-corrected chi connectivity index (χ4v) is 1.21. The van der Waals surface area contributed by atoms with E-state index in [2.05, 4.69) is 0 Å². The highest BCUT2D eigenvalue weighted by Crippen LogP contribution is 2.15. The molecule has 1 atom stereocenters. The maximum atomic E-state index is 13.1. The van der Waals surface area contributed by atoms with Crippen LogP contribution in [0.25, 0.3) is 0 Å². The van der Waals surface area contributed by atoms with Crippen molar-refractivity contribution in [3.8, 4) is 0 Å². The van der Waals surface area contributed by atoms with Crippen molar-refractivity contribution in [3.63, 3.8) is 0 Å². The molecule has 0 amide bonds. The monoisotopic (exact) mass is 198 g/mol. The summed E-state index contributed by atoms with van der Waals surface area (Å²) in [5.74, 6) is -1.24. The normalized spacial score (nSPS) is 12.5. The van der Waals surface area contributed by atoms with Crippen LogP contribution in [-0.4, -0.2) is 6.29 Å². The Hall–Kier alpha value is -1.25. The summed E-state index contributed by atoms with van der Waals surface area (Å²) >= 11 is 0. The molecule has 0 radical (unpaired) electrons. The van der Waals surface area contributed by atoms with Crippen LogP contribution < -0.4 is 0 Å². The number of aldehydes is 1. The van der Waals surface area contributed by atoms with Crippen LogP contribution >= 0.6 is 0 Å². The number of hydrogen-bond donors (Lipinski definition) is 0.